The second-order valence-corrected chi connectivity index (χ2v) is 9.51. The van der Waals surface area contributed by atoms with Gasteiger partial charge in [0, 0.05) is 49.5 Å². The second kappa shape index (κ2) is 9.83. The van der Waals surface area contributed by atoms with Crippen LogP contribution in [0.4, 0.5) is 5.13 Å². The fourth-order valence-corrected chi connectivity index (χ4v) is 5.28. The summed E-state index contributed by atoms with van der Waals surface area (Å²) in [6.07, 6.45) is 5.57. The van der Waals surface area contributed by atoms with Gasteiger partial charge in [-0.15, -0.1) is 11.3 Å². The van der Waals surface area contributed by atoms with Gasteiger partial charge in [0.2, 0.25) is 0 Å². The van der Waals surface area contributed by atoms with Crippen molar-refractivity contribution in [3.05, 3.63) is 46.0 Å². The van der Waals surface area contributed by atoms with E-state index in [-0.39, 0.29) is 6.42 Å². The summed E-state index contributed by atoms with van der Waals surface area (Å²) < 4.78 is 6.21. The molecule has 0 radical (unpaired) electrons. The van der Waals surface area contributed by atoms with Gasteiger partial charge in [0.05, 0.1) is 12.3 Å². The molecule has 1 aliphatic heterocycles. The van der Waals surface area contributed by atoms with E-state index >= 15 is 0 Å². The standard InChI is InChI=1S/C24H31N3O3S/c1-17-21(25-24(31-17)27-14-12-26(2)13-15-27)11-16-30-22-8-4-6-19-18(9-10-23(28)29)5-3-7-20(19)22/h4-6,8H,3,7,9-16H2,1-2H3,(H,28,29). The molecule has 6 nitrogen and oxygen atoms in total. The number of fused-ring (bicyclic) bond motifs is 1. The summed E-state index contributed by atoms with van der Waals surface area (Å²) in [5.41, 5.74) is 4.61. The third-order valence-corrected chi connectivity index (χ3v) is 7.20. The van der Waals surface area contributed by atoms with Gasteiger partial charge in [-0.25, -0.2) is 4.98 Å². The van der Waals surface area contributed by atoms with Gasteiger partial charge in [-0.05, 0) is 50.4 Å². The highest BCUT2D eigenvalue weighted by atomic mass is 32.1. The molecule has 166 valence electrons. The van der Waals surface area contributed by atoms with Gasteiger partial charge in [0.1, 0.15) is 5.75 Å². The fourth-order valence-electron chi connectivity index (χ4n) is 4.27. The Morgan fingerprint density at radius 2 is 2.03 bits per heavy atom. The number of benzene rings is 1. The Kier molecular flexibility index (Phi) is 6.92. The molecule has 0 atom stereocenters. The van der Waals surface area contributed by atoms with Crippen molar-refractivity contribution in [3.63, 3.8) is 0 Å². The van der Waals surface area contributed by atoms with Crippen LogP contribution in [0.3, 0.4) is 0 Å². The highest BCUT2D eigenvalue weighted by Crippen LogP contribution is 2.35. The van der Waals surface area contributed by atoms with Crippen molar-refractivity contribution in [2.24, 2.45) is 0 Å². The Morgan fingerprint density at radius 3 is 2.81 bits per heavy atom. The van der Waals surface area contributed by atoms with Crippen LogP contribution < -0.4 is 9.64 Å². The molecular formula is C24H31N3O3S. The number of anilines is 1. The van der Waals surface area contributed by atoms with Crippen molar-refractivity contribution in [2.75, 3.05) is 44.7 Å². The monoisotopic (exact) mass is 441 g/mol. The molecule has 1 fully saturated rings. The van der Waals surface area contributed by atoms with Crippen LogP contribution in [0.1, 0.15) is 41.0 Å². The Labute approximate surface area is 188 Å². The predicted molar refractivity (Wildman–Crippen MR) is 125 cm³/mol. The molecule has 0 spiro atoms. The lowest BCUT2D eigenvalue weighted by Gasteiger charge is -2.32. The summed E-state index contributed by atoms with van der Waals surface area (Å²) in [7, 11) is 2.17. The zero-order chi connectivity index (χ0) is 21.8. The topological polar surface area (TPSA) is 65.9 Å². The van der Waals surface area contributed by atoms with E-state index in [0.717, 1.165) is 73.2 Å². The van der Waals surface area contributed by atoms with Gasteiger partial charge in [-0.2, -0.15) is 0 Å². The van der Waals surface area contributed by atoms with Gasteiger partial charge >= 0.3 is 5.97 Å². The second-order valence-electron chi connectivity index (χ2n) is 8.33. The van der Waals surface area contributed by atoms with Crippen LogP contribution in [0.5, 0.6) is 5.75 Å². The first-order chi connectivity index (χ1) is 15.0. The van der Waals surface area contributed by atoms with Crippen molar-refractivity contribution >= 4 is 28.0 Å². The number of piperazine rings is 1. The first-order valence-corrected chi connectivity index (χ1v) is 11.9. The van der Waals surface area contributed by atoms with Crippen molar-refractivity contribution < 1.29 is 14.6 Å². The minimum Gasteiger partial charge on any atom is -0.493 e. The quantitative estimate of drug-likeness (QED) is 0.668. The molecule has 1 aromatic carbocycles. The molecule has 0 unspecified atom stereocenters. The molecule has 4 rings (SSSR count). The van der Waals surface area contributed by atoms with E-state index in [0.29, 0.717) is 13.0 Å². The third kappa shape index (κ3) is 5.28. The zero-order valence-electron chi connectivity index (χ0n) is 18.4. The van der Waals surface area contributed by atoms with Crippen LogP contribution in [0.15, 0.2) is 24.3 Å². The minimum atomic E-state index is -0.755. The first kappa shape index (κ1) is 21.8. The molecular weight excluding hydrogens is 410 g/mol. The van der Waals surface area contributed by atoms with Crippen molar-refractivity contribution in [1.82, 2.24) is 9.88 Å². The molecule has 2 aromatic rings. The van der Waals surface area contributed by atoms with E-state index in [1.54, 1.807) is 11.3 Å². The number of hydrogen-bond donors (Lipinski definition) is 1. The molecule has 7 heteroatoms. The number of carboxylic acids is 1. The van der Waals surface area contributed by atoms with Crippen LogP contribution in [-0.4, -0.2) is 60.8 Å². The summed E-state index contributed by atoms with van der Waals surface area (Å²) in [6, 6.07) is 6.12. The van der Waals surface area contributed by atoms with Gasteiger partial charge < -0.3 is 19.6 Å². The highest BCUT2D eigenvalue weighted by molar-refractivity contribution is 7.15. The molecule has 2 aliphatic rings. The average molecular weight is 442 g/mol. The summed E-state index contributed by atoms with van der Waals surface area (Å²) in [4.78, 5) is 21.9. The lowest BCUT2D eigenvalue weighted by Crippen LogP contribution is -2.44. The minimum absolute atomic E-state index is 0.162. The molecule has 1 saturated heterocycles. The number of aryl methyl sites for hydroxylation is 1. The van der Waals surface area contributed by atoms with Gasteiger partial charge in [0.15, 0.2) is 5.13 Å². The van der Waals surface area contributed by atoms with E-state index in [9.17, 15) is 4.79 Å². The van der Waals surface area contributed by atoms with Gasteiger partial charge in [-0.1, -0.05) is 18.2 Å². The molecule has 1 aromatic heterocycles. The Morgan fingerprint density at radius 1 is 1.23 bits per heavy atom. The van der Waals surface area contributed by atoms with Gasteiger partial charge in [0.25, 0.3) is 0 Å². The summed E-state index contributed by atoms with van der Waals surface area (Å²) in [5.74, 6) is 0.167. The van der Waals surface area contributed by atoms with E-state index in [1.807, 2.05) is 12.1 Å². The van der Waals surface area contributed by atoms with Crippen LogP contribution in [0, 0.1) is 6.92 Å². The number of allylic oxidation sites excluding steroid dienone is 2. The van der Waals surface area contributed by atoms with Crippen molar-refractivity contribution in [1.29, 1.82) is 0 Å². The van der Waals surface area contributed by atoms with Crippen molar-refractivity contribution in [2.45, 2.75) is 39.0 Å². The molecule has 31 heavy (non-hydrogen) atoms. The smallest absolute Gasteiger partial charge is 0.303 e. The van der Waals surface area contributed by atoms with Crippen LogP contribution >= 0.6 is 11.3 Å². The number of hydrogen-bond acceptors (Lipinski definition) is 6. The molecule has 0 bridgehead atoms. The highest BCUT2D eigenvalue weighted by Gasteiger charge is 2.20. The Hall–Kier alpha value is -2.38. The SMILES string of the molecule is Cc1sc(N2CCN(C)CC2)nc1CCOc1cccc2c1CCC=C2CCC(=O)O. The lowest BCUT2D eigenvalue weighted by molar-refractivity contribution is -0.136. The summed E-state index contributed by atoms with van der Waals surface area (Å²) >= 11 is 1.78. The number of thiazole rings is 1. The molecule has 1 N–H and O–H groups in total. The normalized spacial score (nSPS) is 16.7. The molecule has 0 amide bonds. The van der Waals surface area contributed by atoms with E-state index in [2.05, 4.69) is 35.9 Å². The number of aliphatic carboxylic acids is 1. The maximum Gasteiger partial charge on any atom is 0.303 e. The van der Waals surface area contributed by atoms with E-state index in [4.69, 9.17) is 14.8 Å². The maximum absolute atomic E-state index is 11.0. The number of likely N-dealkylation sites (N-methyl/N-ethyl adjacent to an activating group) is 1. The van der Waals surface area contributed by atoms with Gasteiger partial charge in [-0.3, -0.25) is 4.79 Å². The molecule has 2 heterocycles. The molecule has 1 aliphatic carbocycles. The zero-order valence-corrected chi connectivity index (χ0v) is 19.2. The average Bonchev–Trinajstić information content (AvgIpc) is 3.13. The van der Waals surface area contributed by atoms with E-state index < -0.39 is 5.97 Å². The first-order valence-electron chi connectivity index (χ1n) is 11.1. The summed E-state index contributed by atoms with van der Waals surface area (Å²) in [6.45, 7) is 6.98. The van der Waals surface area contributed by atoms with E-state index in [1.165, 1.54) is 10.4 Å². The molecule has 0 saturated carbocycles. The maximum atomic E-state index is 11.0. The van der Waals surface area contributed by atoms with Crippen LogP contribution in [0.2, 0.25) is 0 Å². The largest absolute Gasteiger partial charge is 0.493 e. The lowest BCUT2D eigenvalue weighted by atomic mass is 9.88. The van der Waals surface area contributed by atoms with Crippen LogP contribution in [0.25, 0.3) is 5.57 Å². The number of ether oxygens (including phenoxy) is 1. The fraction of sp³-hybridized carbons (Fsp3) is 0.500. The summed E-state index contributed by atoms with van der Waals surface area (Å²) in [5, 5.41) is 10.2. The number of carbonyl (C=O) groups is 1. The third-order valence-electron chi connectivity index (χ3n) is 6.12. The number of nitrogens with zero attached hydrogens (tertiary/aromatic N) is 3. The Balaban J connectivity index is 1.38. The number of carboxylic acid groups (broad SMARTS) is 1. The Bertz CT molecular complexity index is 961. The predicted octanol–water partition coefficient (Wildman–Crippen LogP) is 4.02. The van der Waals surface area contributed by atoms with Crippen LogP contribution in [-0.2, 0) is 17.6 Å². The van der Waals surface area contributed by atoms with Crippen molar-refractivity contribution in [3.8, 4) is 5.75 Å². The number of aromatic nitrogens is 1. The number of rotatable bonds is 8.